The van der Waals surface area contributed by atoms with Gasteiger partial charge in [-0.2, -0.15) is 5.26 Å². The highest BCUT2D eigenvalue weighted by molar-refractivity contribution is 4.96. The smallest absolute Gasteiger partial charge is 0.0982 e. The first-order valence-electron chi connectivity index (χ1n) is 5.51. The number of hydrogen-bond donors (Lipinski definition) is 2. The SMILES string of the molecule is CC1CCC(C(C#N)NCCO)CC1. The predicted molar refractivity (Wildman–Crippen MR) is 55.6 cm³/mol. The minimum absolute atomic E-state index is 0.0605. The zero-order chi connectivity index (χ0) is 10.4. The molecular weight excluding hydrogens is 176 g/mol. The second-order valence-electron chi connectivity index (χ2n) is 4.30. The van der Waals surface area contributed by atoms with Crippen LogP contribution in [0.3, 0.4) is 0 Å². The summed E-state index contributed by atoms with van der Waals surface area (Å²) in [5, 5.41) is 20.7. The van der Waals surface area contributed by atoms with Crippen molar-refractivity contribution in [2.45, 2.75) is 38.6 Å². The number of aliphatic hydroxyl groups is 1. The molecule has 1 rings (SSSR count). The highest BCUT2D eigenvalue weighted by atomic mass is 16.3. The van der Waals surface area contributed by atoms with Crippen LogP contribution in [-0.4, -0.2) is 24.3 Å². The Morgan fingerprint density at radius 1 is 1.43 bits per heavy atom. The molecule has 0 radical (unpaired) electrons. The van der Waals surface area contributed by atoms with E-state index in [2.05, 4.69) is 18.3 Å². The summed E-state index contributed by atoms with van der Waals surface area (Å²) in [6.07, 6.45) is 4.78. The summed E-state index contributed by atoms with van der Waals surface area (Å²) in [5.74, 6) is 1.31. The number of nitriles is 1. The van der Waals surface area contributed by atoms with Crippen LogP contribution in [0.2, 0.25) is 0 Å². The maximum absolute atomic E-state index is 8.98. The molecule has 0 saturated heterocycles. The van der Waals surface area contributed by atoms with E-state index in [1.54, 1.807) is 0 Å². The second kappa shape index (κ2) is 6.00. The van der Waals surface area contributed by atoms with Gasteiger partial charge in [0.2, 0.25) is 0 Å². The first kappa shape index (κ1) is 11.5. The molecule has 0 bridgehead atoms. The van der Waals surface area contributed by atoms with Gasteiger partial charge in [-0.25, -0.2) is 0 Å². The number of rotatable bonds is 4. The molecular formula is C11H20N2O. The number of hydrogen-bond acceptors (Lipinski definition) is 3. The lowest BCUT2D eigenvalue weighted by Crippen LogP contribution is -2.38. The van der Waals surface area contributed by atoms with Crippen LogP contribution in [0.25, 0.3) is 0 Å². The molecule has 1 saturated carbocycles. The van der Waals surface area contributed by atoms with Crippen LogP contribution in [-0.2, 0) is 0 Å². The average molecular weight is 196 g/mol. The Bertz CT molecular complexity index is 192. The Kier molecular flexibility index (Phi) is 4.92. The number of nitrogens with one attached hydrogen (secondary N) is 1. The molecule has 0 spiro atoms. The molecule has 1 fully saturated rings. The Morgan fingerprint density at radius 2 is 2.07 bits per heavy atom. The van der Waals surface area contributed by atoms with Gasteiger partial charge in [0.1, 0.15) is 0 Å². The first-order valence-corrected chi connectivity index (χ1v) is 5.51. The molecule has 1 atom stereocenters. The zero-order valence-electron chi connectivity index (χ0n) is 8.87. The van der Waals surface area contributed by atoms with Crippen molar-refractivity contribution in [1.29, 1.82) is 5.26 Å². The normalized spacial score (nSPS) is 29.5. The third kappa shape index (κ3) is 3.28. The molecule has 0 heterocycles. The molecule has 0 aromatic carbocycles. The predicted octanol–water partition coefficient (Wildman–Crippen LogP) is 1.29. The molecule has 1 unspecified atom stereocenters. The average Bonchev–Trinajstić information content (AvgIpc) is 2.21. The van der Waals surface area contributed by atoms with Crippen molar-refractivity contribution in [3.8, 4) is 6.07 Å². The van der Waals surface area contributed by atoms with Crippen molar-refractivity contribution in [1.82, 2.24) is 5.32 Å². The van der Waals surface area contributed by atoms with Crippen LogP contribution in [0, 0.1) is 23.2 Å². The Hall–Kier alpha value is -0.590. The van der Waals surface area contributed by atoms with Gasteiger partial charge in [0.25, 0.3) is 0 Å². The van der Waals surface area contributed by atoms with E-state index in [1.807, 2.05) is 0 Å². The third-order valence-corrected chi connectivity index (χ3v) is 3.15. The summed E-state index contributed by atoms with van der Waals surface area (Å²) in [4.78, 5) is 0. The van der Waals surface area contributed by atoms with Crippen LogP contribution >= 0.6 is 0 Å². The summed E-state index contributed by atoms with van der Waals surface area (Å²) in [5.41, 5.74) is 0. The van der Waals surface area contributed by atoms with Gasteiger partial charge in [-0.1, -0.05) is 19.8 Å². The van der Waals surface area contributed by atoms with Crippen LogP contribution in [0.5, 0.6) is 0 Å². The van der Waals surface area contributed by atoms with Crippen molar-refractivity contribution in [2.24, 2.45) is 11.8 Å². The molecule has 0 amide bonds. The summed E-state index contributed by atoms with van der Waals surface area (Å²) in [7, 11) is 0. The monoisotopic (exact) mass is 196 g/mol. The molecule has 3 heteroatoms. The largest absolute Gasteiger partial charge is 0.395 e. The van der Waals surface area contributed by atoms with Crippen molar-refractivity contribution >= 4 is 0 Å². The first-order chi connectivity index (χ1) is 6.77. The van der Waals surface area contributed by atoms with Crippen LogP contribution in [0.1, 0.15) is 32.6 Å². The van der Waals surface area contributed by atoms with Gasteiger partial charge in [-0.05, 0) is 24.7 Å². The van der Waals surface area contributed by atoms with Gasteiger partial charge < -0.3 is 5.11 Å². The molecule has 0 aliphatic heterocycles. The molecule has 14 heavy (non-hydrogen) atoms. The molecule has 0 aromatic heterocycles. The molecule has 80 valence electrons. The molecule has 0 aromatic rings. The van der Waals surface area contributed by atoms with Gasteiger partial charge in [-0.3, -0.25) is 5.32 Å². The fourth-order valence-electron chi connectivity index (χ4n) is 2.16. The van der Waals surface area contributed by atoms with E-state index in [9.17, 15) is 0 Å². The van der Waals surface area contributed by atoms with Crippen LogP contribution in [0.4, 0.5) is 0 Å². The standard InChI is InChI=1S/C11H20N2O/c1-9-2-4-10(5-3-9)11(8-12)13-6-7-14/h9-11,13-14H,2-7H2,1H3. The van der Waals surface area contributed by atoms with E-state index in [1.165, 1.54) is 12.8 Å². The van der Waals surface area contributed by atoms with Gasteiger partial charge in [0, 0.05) is 6.54 Å². The number of aliphatic hydroxyl groups excluding tert-OH is 1. The summed E-state index contributed by atoms with van der Waals surface area (Å²) in [6, 6.07) is 2.24. The topological polar surface area (TPSA) is 56.0 Å². The van der Waals surface area contributed by atoms with Crippen molar-refractivity contribution in [3.05, 3.63) is 0 Å². The fourth-order valence-corrected chi connectivity index (χ4v) is 2.16. The van der Waals surface area contributed by atoms with E-state index in [-0.39, 0.29) is 12.6 Å². The van der Waals surface area contributed by atoms with Crippen molar-refractivity contribution in [3.63, 3.8) is 0 Å². The van der Waals surface area contributed by atoms with Gasteiger partial charge >= 0.3 is 0 Å². The Balaban J connectivity index is 2.34. The number of nitrogens with zero attached hydrogens (tertiary/aromatic N) is 1. The van der Waals surface area contributed by atoms with Crippen molar-refractivity contribution < 1.29 is 5.11 Å². The molecule has 2 N–H and O–H groups in total. The van der Waals surface area contributed by atoms with E-state index >= 15 is 0 Å². The van der Waals surface area contributed by atoms with Crippen molar-refractivity contribution in [2.75, 3.05) is 13.2 Å². The minimum Gasteiger partial charge on any atom is -0.395 e. The maximum Gasteiger partial charge on any atom is 0.0982 e. The van der Waals surface area contributed by atoms with Crippen LogP contribution < -0.4 is 5.32 Å². The Labute approximate surface area is 86.1 Å². The minimum atomic E-state index is -0.0605. The lowest BCUT2D eigenvalue weighted by Gasteiger charge is -2.29. The van der Waals surface area contributed by atoms with E-state index in [4.69, 9.17) is 10.4 Å². The van der Waals surface area contributed by atoms with E-state index < -0.39 is 0 Å². The molecule has 3 nitrogen and oxygen atoms in total. The quantitative estimate of drug-likeness (QED) is 0.712. The Morgan fingerprint density at radius 3 is 2.57 bits per heavy atom. The highest BCUT2D eigenvalue weighted by Crippen LogP contribution is 2.30. The maximum atomic E-state index is 8.98. The lowest BCUT2D eigenvalue weighted by atomic mass is 9.79. The summed E-state index contributed by atoms with van der Waals surface area (Å²) < 4.78 is 0. The van der Waals surface area contributed by atoms with Gasteiger partial charge in [0.15, 0.2) is 0 Å². The lowest BCUT2D eigenvalue weighted by molar-refractivity contribution is 0.238. The second-order valence-corrected chi connectivity index (χ2v) is 4.30. The summed E-state index contributed by atoms with van der Waals surface area (Å²) in [6.45, 7) is 2.92. The van der Waals surface area contributed by atoms with E-state index in [0.717, 1.165) is 18.8 Å². The van der Waals surface area contributed by atoms with Gasteiger partial charge in [0.05, 0.1) is 18.7 Å². The zero-order valence-corrected chi connectivity index (χ0v) is 8.87. The molecule has 1 aliphatic rings. The highest BCUT2D eigenvalue weighted by Gasteiger charge is 2.25. The third-order valence-electron chi connectivity index (χ3n) is 3.15. The van der Waals surface area contributed by atoms with Crippen LogP contribution in [0.15, 0.2) is 0 Å². The molecule has 1 aliphatic carbocycles. The van der Waals surface area contributed by atoms with E-state index in [0.29, 0.717) is 12.5 Å². The fraction of sp³-hybridized carbons (Fsp3) is 0.909. The van der Waals surface area contributed by atoms with Gasteiger partial charge in [-0.15, -0.1) is 0 Å². The summed E-state index contributed by atoms with van der Waals surface area (Å²) >= 11 is 0.